The van der Waals surface area contributed by atoms with E-state index in [1.165, 1.54) is 12.1 Å². The van der Waals surface area contributed by atoms with Crippen LogP contribution in [0.5, 0.6) is 0 Å². The Morgan fingerprint density at radius 1 is 1.28 bits per heavy atom. The summed E-state index contributed by atoms with van der Waals surface area (Å²) in [6.45, 7) is 1.68. The molecule has 0 radical (unpaired) electrons. The van der Waals surface area contributed by atoms with Crippen LogP contribution >= 0.6 is 23.4 Å². The molecule has 130 valence electrons. The molecule has 2 aromatic rings. The summed E-state index contributed by atoms with van der Waals surface area (Å²) in [5, 5.41) is 15.5. The number of rotatable bonds is 7. The van der Waals surface area contributed by atoms with Crippen LogP contribution in [0.3, 0.4) is 0 Å². The first-order chi connectivity index (χ1) is 12.0. The van der Waals surface area contributed by atoms with Gasteiger partial charge in [-0.1, -0.05) is 23.7 Å². The molecule has 2 aromatic carbocycles. The number of nitrogens with one attached hydrogen (secondary N) is 1. The fourth-order valence-electron chi connectivity index (χ4n) is 1.90. The number of nitro groups is 1. The van der Waals surface area contributed by atoms with Gasteiger partial charge in [-0.3, -0.25) is 14.9 Å². The van der Waals surface area contributed by atoms with E-state index in [9.17, 15) is 14.9 Å². The van der Waals surface area contributed by atoms with Crippen LogP contribution in [0.1, 0.15) is 18.9 Å². The molecule has 8 heteroatoms. The third-order valence-electron chi connectivity index (χ3n) is 3.23. The fourth-order valence-corrected chi connectivity index (χ4v) is 2.88. The Morgan fingerprint density at radius 2 is 2.00 bits per heavy atom. The molecule has 0 bridgehead atoms. The van der Waals surface area contributed by atoms with Crippen LogP contribution in [0.2, 0.25) is 5.02 Å². The molecule has 0 atom stereocenters. The lowest BCUT2D eigenvalue weighted by atomic mass is 10.1. The minimum atomic E-state index is -0.469. The standard InChI is InChI=1S/C17H16ClN3O3S/c1-12(13-3-2-4-15(11-13)21(23)24)19-20-17(22)9-10-25-16-7-5-14(18)6-8-16/h2-8,11H,9-10H2,1H3,(H,20,22)/b19-12-. The second-order valence-electron chi connectivity index (χ2n) is 5.09. The first kappa shape index (κ1) is 19.0. The first-order valence-electron chi connectivity index (χ1n) is 7.42. The number of halogens is 1. The number of amides is 1. The van der Waals surface area contributed by atoms with E-state index in [4.69, 9.17) is 11.6 Å². The molecule has 0 aliphatic carbocycles. The molecule has 0 aliphatic heterocycles. The van der Waals surface area contributed by atoms with E-state index in [1.54, 1.807) is 43.0 Å². The van der Waals surface area contributed by atoms with E-state index >= 15 is 0 Å². The van der Waals surface area contributed by atoms with Gasteiger partial charge < -0.3 is 0 Å². The van der Waals surface area contributed by atoms with Crippen LogP contribution in [-0.2, 0) is 4.79 Å². The zero-order valence-corrected chi connectivity index (χ0v) is 15.0. The quantitative estimate of drug-likeness (QED) is 0.338. The minimum absolute atomic E-state index is 0.0160. The van der Waals surface area contributed by atoms with Crippen LogP contribution in [0.25, 0.3) is 0 Å². The van der Waals surface area contributed by atoms with Gasteiger partial charge in [-0.25, -0.2) is 5.43 Å². The highest BCUT2D eigenvalue weighted by Crippen LogP contribution is 2.20. The third-order valence-corrected chi connectivity index (χ3v) is 4.50. The zero-order chi connectivity index (χ0) is 18.2. The summed E-state index contributed by atoms with van der Waals surface area (Å²) in [5.41, 5.74) is 3.54. The summed E-state index contributed by atoms with van der Waals surface area (Å²) in [7, 11) is 0. The topological polar surface area (TPSA) is 84.6 Å². The summed E-state index contributed by atoms with van der Waals surface area (Å²) in [6.07, 6.45) is 0.305. The highest BCUT2D eigenvalue weighted by atomic mass is 35.5. The summed E-state index contributed by atoms with van der Waals surface area (Å²) < 4.78 is 0. The Hall–Kier alpha value is -2.38. The molecule has 0 aliphatic rings. The lowest BCUT2D eigenvalue weighted by molar-refractivity contribution is -0.384. The van der Waals surface area contributed by atoms with Crippen LogP contribution in [0, 0.1) is 10.1 Å². The number of carbonyl (C=O) groups is 1. The lowest BCUT2D eigenvalue weighted by Gasteiger charge is -2.04. The Morgan fingerprint density at radius 3 is 2.68 bits per heavy atom. The van der Waals surface area contributed by atoms with E-state index in [1.807, 2.05) is 12.1 Å². The van der Waals surface area contributed by atoms with Crippen LogP contribution in [0.15, 0.2) is 58.5 Å². The second kappa shape index (κ2) is 9.19. The summed E-state index contributed by atoms with van der Waals surface area (Å²) in [5.74, 6) is 0.394. The Labute approximate surface area is 154 Å². The predicted molar refractivity (Wildman–Crippen MR) is 100 cm³/mol. The van der Waals surface area contributed by atoms with Crippen molar-refractivity contribution in [2.45, 2.75) is 18.2 Å². The third kappa shape index (κ3) is 6.21. The van der Waals surface area contributed by atoms with Crippen molar-refractivity contribution in [3.05, 3.63) is 69.2 Å². The molecule has 1 N–H and O–H groups in total. The van der Waals surface area contributed by atoms with Gasteiger partial charge in [-0.05, 0) is 31.2 Å². The molecule has 1 amide bonds. The summed E-state index contributed by atoms with van der Waals surface area (Å²) in [6, 6.07) is 13.5. The molecule has 0 fully saturated rings. The number of benzene rings is 2. The second-order valence-corrected chi connectivity index (χ2v) is 6.70. The molecule has 25 heavy (non-hydrogen) atoms. The molecule has 0 unspecified atom stereocenters. The zero-order valence-electron chi connectivity index (χ0n) is 13.4. The Bertz CT molecular complexity index is 794. The van der Waals surface area contributed by atoms with Crippen molar-refractivity contribution in [1.29, 1.82) is 0 Å². The van der Waals surface area contributed by atoms with Gasteiger partial charge in [0.05, 0.1) is 10.6 Å². The number of nitrogens with zero attached hydrogens (tertiary/aromatic N) is 2. The molecule has 0 heterocycles. The van der Waals surface area contributed by atoms with Gasteiger partial charge in [0.1, 0.15) is 0 Å². The van der Waals surface area contributed by atoms with Crippen LogP contribution < -0.4 is 5.43 Å². The van der Waals surface area contributed by atoms with Gasteiger partial charge in [0, 0.05) is 39.8 Å². The molecule has 6 nitrogen and oxygen atoms in total. The number of carbonyl (C=O) groups excluding carboxylic acids is 1. The fraction of sp³-hybridized carbons (Fsp3) is 0.176. The number of nitro benzene ring substituents is 1. The monoisotopic (exact) mass is 377 g/mol. The van der Waals surface area contributed by atoms with Crippen molar-refractivity contribution in [2.24, 2.45) is 5.10 Å². The van der Waals surface area contributed by atoms with Gasteiger partial charge in [-0.15, -0.1) is 11.8 Å². The maximum Gasteiger partial charge on any atom is 0.270 e. The molecule has 2 rings (SSSR count). The highest BCUT2D eigenvalue weighted by Gasteiger charge is 2.08. The number of non-ortho nitro benzene ring substituents is 1. The van der Waals surface area contributed by atoms with Gasteiger partial charge in [0.25, 0.3) is 5.69 Å². The summed E-state index contributed by atoms with van der Waals surface area (Å²) in [4.78, 5) is 23.2. The first-order valence-corrected chi connectivity index (χ1v) is 8.78. The lowest BCUT2D eigenvalue weighted by Crippen LogP contribution is -2.19. The van der Waals surface area contributed by atoms with Crippen molar-refractivity contribution < 1.29 is 9.72 Å². The van der Waals surface area contributed by atoms with E-state index in [2.05, 4.69) is 10.5 Å². The largest absolute Gasteiger partial charge is 0.273 e. The molecule has 0 saturated heterocycles. The van der Waals surface area contributed by atoms with E-state index < -0.39 is 4.92 Å². The van der Waals surface area contributed by atoms with Crippen molar-refractivity contribution in [2.75, 3.05) is 5.75 Å². The Kier molecular flexibility index (Phi) is 6.97. The van der Waals surface area contributed by atoms with Crippen molar-refractivity contribution in [1.82, 2.24) is 5.43 Å². The van der Waals surface area contributed by atoms with Crippen LogP contribution in [-0.4, -0.2) is 22.3 Å². The number of hydrazone groups is 1. The Balaban J connectivity index is 1.83. The van der Waals surface area contributed by atoms with Gasteiger partial charge in [-0.2, -0.15) is 5.10 Å². The van der Waals surface area contributed by atoms with E-state index in [0.29, 0.717) is 28.5 Å². The SMILES string of the molecule is C/C(=N/NC(=O)CCSc1ccc(Cl)cc1)c1cccc([N+](=O)[O-])c1. The maximum absolute atomic E-state index is 11.8. The molecule has 0 saturated carbocycles. The van der Waals surface area contributed by atoms with Gasteiger partial charge >= 0.3 is 0 Å². The molecule has 0 spiro atoms. The minimum Gasteiger partial charge on any atom is -0.273 e. The van der Waals surface area contributed by atoms with Gasteiger partial charge in [0.15, 0.2) is 0 Å². The van der Waals surface area contributed by atoms with Gasteiger partial charge in [0.2, 0.25) is 5.91 Å². The smallest absolute Gasteiger partial charge is 0.270 e. The maximum atomic E-state index is 11.8. The summed E-state index contributed by atoms with van der Waals surface area (Å²) >= 11 is 7.37. The normalized spacial score (nSPS) is 11.2. The number of thioether (sulfide) groups is 1. The van der Waals surface area contributed by atoms with Crippen molar-refractivity contribution in [3.63, 3.8) is 0 Å². The molecular formula is C17H16ClN3O3S. The number of hydrogen-bond acceptors (Lipinski definition) is 5. The van der Waals surface area contributed by atoms with E-state index in [0.717, 1.165) is 4.90 Å². The average Bonchev–Trinajstić information content (AvgIpc) is 2.61. The van der Waals surface area contributed by atoms with Crippen molar-refractivity contribution in [3.8, 4) is 0 Å². The molecule has 0 aromatic heterocycles. The van der Waals surface area contributed by atoms with Crippen molar-refractivity contribution >= 4 is 40.7 Å². The average molecular weight is 378 g/mol. The van der Waals surface area contributed by atoms with E-state index in [-0.39, 0.29) is 11.6 Å². The van der Waals surface area contributed by atoms with Crippen LogP contribution in [0.4, 0.5) is 5.69 Å². The highest BCUT2D eigenvalue weighted by molar-refractivity contribution is 7.99. The predicted octanol–water partition coefficient (Wildman–Crippen LogP) is 4.27. The molecular weight excluding hydrogens is 362 g/mol. The number of hydrogen-bond donors (Lipinski definition) is 1.